The third kappa shape index (κ3) is 7.79. The van der Waals surface area contributed by atoms with Gasteiger partial charge in [-0.15, -0.1) is 0 Å². The van der Waals surface area contributed by atoms with Crippen LogP contribution in [0.3, 0.4) is 0 Å². The summed E-state index contributed by atoms with van der Waals surface area (Å²) in [5.41, 5.74) is -0.719. The van der Waals surface area contributed by atoms with E-state index in [-0.39, 0.29) is 12.2 Å². The van der Waals surface area contributed by atoms with Crippen LogP contribution < -0.4 is 21.9 Å². The van der Waals surface area contributed by atoms with E-state index < -0.39 is 18.0 Å². The van der Waals surface area contributed by atoms with Crippen molar-refractivity contribution in [1.29, 1.82) is 0 Å². The van der Waals surface area contributed by atoms with Crippen molar-refractivity contribution < 1.29 is 9.84 Å². The number of halogens is 1. The monoisotopic (exact) mass is 593 g/mol. The van der Waals surface area contributed by atoms with E-state index in [2.05, 4.69) is 41.3 Å². The van der Waals surface area contributed by atoms with Gasteiger partial charge in [-0.2, -0.15) is 0 Å². The maximum absolute atomic E-state index is 12.9. The van der Waals surface area contributed by atoms with Crippen LogP contribution in [0.4, 0.5) is 5.82 Å². The van der Waals surface area contributed by atoms with E-state index in [1.165, 1.54) is 21.4 Å². The van der Waals surface area contributed by atoms with Gasteiger partial charge in [-0.05, 0) is 59.3 Å². The molecule has 4 heterocycles. The van der Waals surface area contributed by atoms with Crippen molar-refractivity contribution >= 4 is 39.1 Å². The number of anilines is 1. The first-order valence-corrected chi connectivity index (χ1v) is 13.5. The molecule has 2 atom stereocenters. The van der Waals surface area contributed by atoms with Crippen LogP contribution >= 0.6 is 28.1 Å². The molecule has 2 aliphatic heterocycles. The summed E-state index contributed by atoms with van der Waals surface area (Å²) in [6.45, 7) is 6.40. The molecule has 2 aliphatic rings. The van der Waals surface area contributed by atoms with Crippen molar-refractivity contribution in [2.45, 2.75) is 25.3 Å². The average molecular weight is 595 g/mol. The minimum atomic E-state index is -0.610. The van der Waals surface area contributed by atoms with Crippen molar-refractivity contribution in [2.75, 3.05) is 57.7 Å². The number of ether oxygens (including phenoxy) is 1. The molecule has 200 valence electrons. The second-order valence-electron chi connectivity index (χ2n) is 8.91. The highest BCUT2D eigenvalue weighted by atomic mass is 79.9. The molecule has 4 rings (SSSR count). The summed E-state index contributed by atoms with van der Waals surface area (Å²) in [4.78, 5) is 34.2. The molecule has 2 aromatic rings. The number of aliphatic hydroxyl groups is 1. The first-order valence-electron chi connectivity index (χ1n) is 12.3. The minimum Gasteiger partial charge on any atom is -0.393 e. The summed E-state index contributed by atoms with van der Waals surface area (Å²) < 4.78 is 9.16. The van der Waals surface area contributed by atoms with Gasteiger partial charge in [0.25, 0.3) is 5.56 Å². The summed E-state index contributed by atoms with van der Waals surface area (Å²) in [7, 11) is 0. The maximum atomic E-state index is 12.9. The summed E-state index contributed by atoms with van der Waals surface area (Å²) in [5, 5.41) is 16.1. The van der Waals surface area contributed by atoms with Gasteiger partial charge < -0.3 is 25.4 Å². The maximum Gasteiger partial charge on any atom is 0.333 e. The van der Waals surface area contributed by atoms with E-state index in [9.17, 15) is 14.7 Å². The molecule has 0 radical (unpaired) electrons. The topological polar surface area (TPSA) is 117 Å². The third-order valence-electron chi connectivity index (χ3n) is 6.36. The molecule has 11 nitrogen and oxygen atoms in total. The Hall–Kier alpha value is -2.42. The van der Waals surface area contributed by atoms with Crippen LogP contribution in [0.25, 0.3) is 0 Å². The molecule has 0 saturated carbocycles. The molecule has 13 heteroatoms. The van der Waals surface area contributed by atoms with Crippen LogP contribution in [-0.2, 0) is 11.3 Å². The van der Waals surface area contributed by atoms with Crippen molar-refractivity contribution in [2.24, 2.45) is 0 Å². The standard InChI is InChI=1S/C24H32BrN7O4S/c25-18-2-4-20(27-16-18)28-23(37)26-7-11-30-14-12-29(13-15-30)8-1-9-31-21(34)6-10-32(24(31)35)22-5-3-19(17-33)36-22/h2-6,10,16,19,22,33H,1,7-9,11-15,17H2,(H2,26,27,28,37). The van der Waals surface area contributed by atoms with Gasteiger partial charge in [0.05, 0.1) is 6.61 Å². The number of nitrogens with zero attached hydrogens (tertiary/aromatic N) is 5. The smallest absolute Gasteiger partial charge is 0.333 e. The van der Waals surface area contributed by atoms with Crippen LogP contribution in [0.2, 0.25) is 0 Å². The van der Waals surface area contributed by atoms with Crippen molar-refractivity contribution in [3.8, 4) is 0 Å². The SMILES string of the molecule is O=c1ccn(C2C=CC(CO)O2)c(=O)n1CCCN1CCN(CCNC(=S)Nc2ccc(Br)cn2)CC1. The Balaban J connectivity index is 1.15. The summed E-state index contributed by atoms with van der Waals surface area (Å²) >= 11 is 8.70. The third-order valence-corrected chi connectivity index (χ3v) is 7.07. The van der Waals surface area contributed by atoms with Gasteiger partial charge >= 0.3 is 5.69 Å². The highest BCUT2D eigenvalue weighted by Gasteiger charge is 2.22. The number of aromatic nitrogens is 3. The molecule has 2 aromatic heterocycles. The molecule has 0 spiro atoms. The van der Waals surface area contributed by atoms with E-state index >= 15 is 0 Å². The molecule has 3 N–H and O–H groups in total. The molecule has 2 unspecified atom stereocenters. The fourth-order valence-corrected chi connectivity index (χ4v) is 4.75. The quantitative estimate of drug-likeness (QED) is 0.267. The highest BCUT2D eigenvalue weighted by molar-refractivity contribution is 9.10. The molecule has 37 heavy (non-hydrogen) atoms. The molecule has 1 fully saturated rings. The van der Waals surface area contributed by atoms with Crippen LogP contribution in [-0.4, -0.2) is 92.7 Å². The zero-order chi connectivity index (χ0) is 26.2. The largest absolute Gasteiger partial charge is 0.393 e. The van der Waals surface area contributed by atoms with Gasteiger partial charge in [-0.1, -0.05) is 6.08 Å². The zero-order valence-corrected chi connectivity index (χ0v) is 22.9. The molecule has 1 saturated heterocycles. The number of piperazine rings is 1. The summed E-state index contributed by atoms with van der Waals surface area (Å²) in [5.74, 6) is 0.699. The second-order valence-corrected chi connectivity index (χ2v) is 10.2. The van der Waals surface area contributed by atoms with Crippen LogP contribution in [0.5, 0.6) is 0 Å². The lowest BCUT2D eigenvalue weighted by Gasteiger charge is -2.34. The molecule has 0 amide bonds. The fourth-order valence-electron chi connectivity index (χ4n) is 4.31. The molecule has 0 aliphatic carbocycles. The Morgan fingerprint density at radius 2 is 1.86 bits per heavy atom. The van der Waals surface area contributed by atoms with Crippen molar-refractivity contribution in [3.63, 3.8) is 0 Å². The summed E-state index contributed by atoms with van der Waals surface area (Å²) in [6.07, 6.45) is 6.26. The zero-order valence-electron chi connectivity index (χ0n) is 20.5. The Kier molecular flexibility index (Phi) is 10.00. The number of hydrogen-bond donors (Lipinski definition) is 3. The number of thiocarbonyl (C=S) groups is 1. The van der Waals surface area contributed by atoms with Gasteiger partial charge in [-0.25, -0.2) is 9.78 Å². The van der Waals surface area contributed by atoms with E-state index in [0.717, 1.165) is 50.3 Å². The van der Waals surface area contributed by atoms with Crippen molar-refractivity contribution in [3.05, 3.63) is 68.1 Å². The number of aliphatic hydroxyl groups excluding tert-OH is 1. The fraction of sp³-hybridized carbons (Fsp3) is 0.500. The normalized spacial score (nSPS) is 20.3. The first-order chi connectivity index (χ1) is 17.9. The van der Waals surface area contributed by atoms with Crippen molar-refractivity contribution in [1.82, 2.24) is 29.2 Å². The van der Waals surface area contributed by atoms with E-state index in [0.29, 0.717) is 23.9 Å². The number of nitrogens with one attached hydrogen (secondary N) is 2. The first kappa shape index (κ1) is 27.6. The molecular formula is C24H32BrN7O4S. The predicted molar refractivity (Wildman–Crippen MR) is 149 cm³/mol. The van der Waals surface area contributed by atoms with Crippen LogP contribution in [0, 0.1) is 0 Å². The van der Waals surface area contributed by atoms with Gasteiger partial charge in [0.2, 0.25) is 0 Å². The molecule has 0 bridgehead atoms. The van der Waals surface area contributed by atoms with Gasteiger partial charge in [0.15, 0.2) is 11.3 Å². The second kappa shape index (κ2) is 13.4. The number of hydrogen-bond acceptors (Lipinski definition) is 8. The van der Waals surface area contributed by atoms with Gasteiger partial charge in [-0.3, -0.25) is 18.8 Å². The Labute approximate surface area is 228 Å². The Bertz CT molecular complexity index is 1190. The lowest BCUT2D eigenvalue weighted by atomic mass is 10.3. The lowest BCUT2D eigenvalue weighted by Crippen LogP contribution is -2.49. The highest BCUT2D eigenvalue weighted by Crippen LogP contribution is 2.18. The summed E-state index contributed by atoms with van der Waals surface area (Å²) in [6, 6.07) is 5.15. The number of pyridine rings is 1. The molecule has 0 aromatic carbocycles. The number of rotatable bonds is 10. The van der Waals surface area contributed by atoms with Gasteiger partial charge in [0, 0.05) is 68.7 Å². The average Bonchev–Trinajstić information content (AvgIpc) is 3.37. The van der Waals surface area contributed by atoms with E-state index in [1.54, 1.807) is 18.3 Å². The lowest BCUT2D eigenvalue weighted by molar-refractivity contribution is -0.0110. The van der Waals surface area contributed by atoms with Gasteiger partial charge in [0.1, 0.15) is 11.9 Å². The Morgan fingerprint density at radius 1 is 1.11 bits per heavy atom. The minimum absolute atomic E-state index is 0.153. The Morgan fingerprint density at radius 3 is 2.54 bits per heavy atom. The van der Waals surface area contributed by atoms with Crippen LogP contribution in [0.1, 0.15) is 12.6 Å². The predicted octanol–water partition coefficient (Wildman–Crippen LogP) is 0.608. The molecular weight excluding hydrogens is 562 g/mol. The van der Waals surface area contributed by atoms with E-state index in [1.807, 2.05) is 12.1 Å². The van der Waals surface area contributed by atoms with E-state index in [4.69, 9.17) is 17.0 Å². The van der Waals surface area contributed by atoms with Crippen LogP contribution in [0.15, 0.2) is 56.8 Å².